The van der Waals surface area contributed by atoms with Crippen LogP contribution in [-0.4, -0.2) is 48.0 Å². The Morgan fingerprint density at radius 1 is 1.15 bits per heavy atom. The molecule has 0 aliphatic carbocycles. The monoisotopic (exact) mass is 366 g/mol. The number of nitrogens with zero attached hydrogens (tertiary/aromatic N) is 8. The topological polar surface area (TPSA) is 67.9 Å². The minimum Gasteiger partial charge on any atom is -0.365 e. The molecule has 0 fully saturated rings. The van der Waals surface area contributed by atoms with Crippen LogP contribution in [0.3, 0.4) is 0 Å². The third-order valence-electron chi connectivity index (χ3n) is 4.97. The lowest BCUT2D eigenvalue weighted by Gasteiger charge is -2.21. The quantitative estimate of drug-likeness (QED) is 0.664. The van der Waals surface area contributed by atoms with Crippen molar-refractivity contribution in [3.8, 4) is 0 Å². The lowest BCUT2D eigenvalue weighted by molar-refractivity contribution is 0.300. The molecule has 0 bridgehead atoms. The lowest BCUT2D eigenvalue weighted by atomic mass is 10.3. The first-order valence-corrected chi connectivity index (χ1v) is 9.48. The Hall–Kier alpha value is -2.74. The number of aromatic nitrogens is 6. The third kappa shape index (κ3) is 4.00. The van der Waals surface area contributed by atoms with E-state index in [0.717, 1.165) is 57.2 Å². The Balaban J connectivity index is 1.44. The molecule has 0 saturated carbocycles. The maximum Gasteiger partial charge on any atom is 0.146 e. The fourth-order valence-electron chi connectivity index (χ4n) is 3.61. The van der Waals surface area contributed by atoms with Crippen LogP contribution in [0.5, 0.6) is 0 Å². The van der Waals surface area contributed by atoms with Gasteiger partial charge in [-0.3, -0.25) is 14.6 Å². The molecule has 0 atom stereocenters. The summed E-state index contributed by atoms with van der Waals surface area (Å²) in [7, 11) is 2.10. The van der Waals surface area contributed by atoms with Crippen LogP contribution in [-0.2, 0) is 32.7 Å². The second kappa shape index (κ2) is 7.87. The van der Waals surface area contributed by atoms with Crippen molar-refractivity contribution >= 4 is 5.69 Å². The second-order valence-electron chi connectivity index (χ2n) is 7.04. The summed E-state index contributed by atoms with van der Waals surface area (Å²) in [6.45, 7) is 7.43. The molecule has 3 aromatic rings. The lowest BCUT2D eigenvalue weighted by Crippen LogP contribution is -2.22. The first-order valence-electron chi connectivity index (χ1n) is 9.48. The van der Waals surface area contributed by atoms with Crippen molar-refractivity contribution in [1.82, 2.24) is 34.4 Å². The van der Waals surface area contributed by atoms with Crippen molar-refractivity contribution in [3.63, 3.8) is 0 Å². The molecule has 4 rings (SSSR count). The van der Waals surface area contributed by atoms with Crippen molar-refractivity contribution < 1.29 is 0 Å². The summed E-state index contributed by atoms with van der Waals surface area (Å²) in [5.41, 5.74) is 3.59. The van der Waals surface area contributed by atoms with E-state index in [0.29, 0.717) is 0 Å². The van der Waals surface area contributed by atoms with E-state index in [1.54, 1.807) is 6.33 Å². The molecule has 1 aliphatic rings. The summed E-state index contributed by atoms with van der Waals surface area (Å²) >= 11 is 0. The van der Waals surface area contributed by atoms with Crippen LogP contribution in [0.25, 0.3) is 0 Å². The fourth-order valence-corrected chi connectivity index (χ4v) is 3.61. The Morgan fingerprint density at radius 2 is 2.00 bits per heavy atom. The van der Waals surface area contributed by atoms with Crippen LogP contribution in [0.4, 0.5) is 5.69 Å². The average Bonchev–Trinajstić information content (AvgIpc) is 3.23. The third-order valence-corrected chi connectivity index (χ3v) is 4.97. The second-order valence-corrected chi connectivity index (χ2v) is 7.04. The first kappa shape index (κ1) is 17.7. The molecule has 8 nitrogen and oxygen atoms in total. The maximum atomic E-state index is 4.84. The van der Waals surface area contributed by atoms with Crippen molar-refractivity contribution in [2.75, 3.05) is 18.5 Å². The first-order chi connectivity index (χ1) is 13.2. The summed E-state index contributed by atoms with van der Waals surface area (Å²) in [4.78, 5) is 8.76. The van der Waals surface area contributed by atoms with Gasteiger partial charge in [0.15, 0.2) is 0 Å². The summed E-state index contributed by atoms with van der Waals surface area (Å²) in [6.07, 6.45) is 6.58. The summed E-state index contributed by atoms with van der Waals surface area (Å²) < 4.78 is 4.24. The standard InChI is InChI=1S/C19H26N8/c1-3-25-15-21-22-19(25)14-24(2)12-16-11-18-13-26(9-4-10-27(18)23-16)17-5-7-20-8-6-17/h5-8,11,15H,3-4,9-10,12-14H2,1-2H3. The zero-order valence-corrected chi connectivity index (χ0v) is 16.0. The number of aryl methyl sites for hydroxylation is 2. The van der Waals surface area contributed by atoms with Gasteiger partial charge in [-0.15, -0.1) is 10.2 Å². The summed E-state index contributed by atoms with van der Waals surface area (Å²) in [5, 5.41) is 13.1. The van der Waals surface area contributed by atoms with Gasteiger partial charge in [0.05, 0.1) is 24.5 Å². The van der Waals surface area contributed by atoms with E-state index in [4.69, 9.17) is 5.10 Å². The van der Waals surface area contributed by atoms with E-state index in [1.165, 1.54) is 11.4 Å². The predicted molar refractivity (Wildman–Crippen MR) is 103 cm³/mol. The molecule has 27 heavy (non-hydrogen) atoms. The highest BCUT2D eigenvalue weighted by Crippen LogP contribution is 2.21. The van der Waals surface area contributed by atoms with Gasteiger partial charge in [-0.1, -0.05) is 0 Å². The molecule has 142 valence electrons. The van der Waals surface area contributed by atoms with Gasteiger partial charge in [0, 0.05) is 44.3 Å². The van der Waals surface area contributed by atoms with Crippen LogP contribution in [0.1, 0.15) is 30.6 Å². The molecule has 0 spiro atoms. The van der Waals surface area contributed by atoms with Crippen molar-refractivity contribution in [2.45, 2.75) is 46.1 Å². The minimum absolute atomic E-state index is 0.763. The molecule has 4 heterocycles. The van der Waals surface area contributed by atoms with Gasteiger partial charge in [0.1, 0.15) is 12.2 Å². The van der Waals surface area contributed by atoms with Gasteiger partial charge in [0.25, 0.3) is 0 Å². The van der Waals surface area contributed by atoms with E-state index in [-0.39, 0.29) is 0 Å². The van der Waals surface area contributed by atoms with Crippen molar-refractivity contribution in [1.29, 1.82) is 0 Å². The molecule has 1 aliphatic heterocycles. The highest BCUT2D eigenvalue weighted by molar-refractivity contribution is 5.45. The van der Waals surface area contributed by atoms with Crippen molar-refractivity contribution in [2.24, 2.45) is 0 Å². The molecule has 0 saturated heterocycles. The maximum absolute atomic E-state index is 4.84. The van der Waals surface area contributed by atoms with E-state index in [2.05, 4.69) is 66.4 Å². The molecule has 0 amide bonds. The molecular formula is C19H26N8. The molecule has 8 heteroatoms. The van der Waals surface area contributed by atoms with Crippen LogP contribution in [0.15, 0.2) is 36.9 Å². The highest BCUT2D eigenvalue weighted by Gasteiger charge is 2.18. The molecular weight excluding hydrogens is 340 g/mol. The molecule has 0 radical (unpaired) electrons. The SMILES string of the molecule is CCn1cnnc1CN(C)Cc1cc2n(n1)CCCN(c1ccncc1)C2. The van der Waals surface area contributed by atoms with E-state index < -0.39 is 0 Å². The van der Waals surface area contributed by atoms with Gasteiger partial charge in [-0.25, -0.2) is 0 Å². The Morgan fingerprint density at radius 3 is 2.81 bits per heavy atom. The van der Waals surface area contributed by atoms with Gasteiger partial charge >= 0.3 is 0 Å². The van der Waals surface area contributed by atoms with Crippen LogP contribution < -0.4 is 4.90 Å². The number of hydrogen-bond donors (Lipinski definition) is 0. The Kier molecular flexibility index (Phi) is 5.15. The smallest absolute Gasteiger partial charge is 0.146 e. The normalized spacial score (nSPS) is 14.4. The van der Waals surface area contributed by atoms with E-state index in [9.17, 15) is 0 Å². The molecule has 3 aromatic heterocycles. The predicted octanol–water partition coefficient (Wildman–Crippen LogP) is 1.93. The molecule has 0 aromatic carbocycles. The van der Waals surface area contributed by atoms with Gasteiger partial charge in [0.2, 0.25) is 0 Å². The molecule has 0 N–H and O–H groups in total. The van der Waals surface area contributed by atoms with Crippen LogP contribution in [0, 0.1) is 0 Å². The zero-order chi connectivity index (χ0) is 18.6. The van der Waals surface area contributed by atoms with Crippen molar-refractivity contribution in [3.05, 3.63) is 54.1 Å². The van der Waals surface area contributed by atoms with Gasteiger partial charge in [-0.2, -0.15) is 5.10 Å². The number of pyridine rings is 1. The van der Waals surface area contributed by atoms with Gasteiger partial charge in [-0.05, 0) is 38.6 Å². The Bertz CT molecular complexity index is 869. The minimum atomic E-state index is 0.763. The largest absolute Gasteiger partial charge is 0.365 e. The van der Waals surface area contributed by atoms with E-state index >= 15 is 0 Å². The average molecular weight is 366 g/mol. The van der Waals surface area contributed by atoms with E-state index in [1.807, 2.05) is 12.4 Å². The Labute approximate surface area is 159 Å². The summed E-state index contributed by atoms with van der Waals surface area (Å²) in [5.74, 6) is 0.990. The summed E-state index contributed by atoms with van der Waals surface area (Å²) in [6, 6.07) is 6.38. The number of anilines is 1. The van der Waals surface area contributed by atoms with Crippen LogP contribution in [0.2, 0.25) is 0 Å². The number of fused-ring (bicyclic) bond motifs is 1. The highest BCUT2D eigenvalue weighted by atomic mass is 15.3. The zero-order valence-electron chi connectivity index (χ0n) is 16.0. The number of hydrogen-bond acceptors (Lipinski definition) is 6. The number of rotatable bonds is 6. The molecule has 0 unspecified atom stereocenters. The fraction of sp³-hybridized carbons (Fsp3) is 0.474. The van der Waals surface area contributed by atoms with Gasteiger partial charge < -0.3 is 9.47 Å². The van der Waals surface area contributed by atoms with Crippen LogP contribution >= 0.6 is 0 Å².